The minimum atomic E-state index is -3.54. The van der Waals surface area contributed by atoms with Gasteiger partial charge in [-0.25, -0.2) is 13.4 Å². The van der Waals surface area contributed by atoms with Gasteiger partial charge in [0, 0.05) is 5.56 Å². The number of fused-ring (bicyclic) bond motifs is 1. The maximum atomic E-state index is 13.1. The van der Waals surface area contributed by atoms with Gasteiger partial charge in [0.2, 0.25) is 10.0 Å². The fraction of sp³-hybridized carbons (Fsp3) is 0.130. The number of aromatic nitrogens is 2. The second-order valence-electron chi connectivity index (χ2n) is 7.42. The largest absolute Gasteiger partial charge is 0.342 e. The zero-order valence-electron chi connectivity index (χ0n) is 17.2. The Morgan fingerprint density at radius 2 is 1.78 bits per heavy atom. The lowest BCUT2D eigenvalue weighted by molar-refractivity contribution is 0.0935. The van der Waals surface area contributed by atoms with E-state index in [1.165, 1.54) is 12.1 Å². The number of H-pyrrole nitrogens is 1. The highest BCUT2D eigenvalue weighted by atomic mass is 35.5. The number of nitrogens with zero attached hydrogens (tertiary/aromatic N) is 1. The highest BCUT2D eigenvalue weighted by molar-refractivity contribution is 7.92. The van der Waals surface area contributed by atoms with Gasteiger partial charge in [0.25, 0.3) is 5.91 Å². The number of anilines is 1. The Kier molecular flexibility index (Phi) is 6.16. The molecule has 0 spiro atoms. The molecule has 3 aromatic carbocycles. The van der Waals surface area contributed by atoms with Crippen LogP contribution in [0.4, 0.5) is 5.69 Å². The van der Waals surface area contributed by atoms with Gasteiger partial charge in [-0.15, -0.1) is 0 Å². The standard InChI is InChI=1S/C23H21ClN4O3S/c1-32(30,31)28-20-14-16(11-12-17(20)24)23(29)27-21(13-15-7-3-2-4-8-15)22-25-18-9-5-6-10-19(18)26-22/h2-12,14,21,28H,13H2,1H3,(H,25,26)(H,27,29)/t21-/m0/s1. The quantitative estimate of drug-likeness (QED) is 0.376. The SMILES string of the molecule is CS(=O)(=O)Nc1cc(C(=O)N[C@@H](Cc2ccccc2)c2nc3ccccc3[nH]2)ccc1Cl. The van der Waals surface area contributed by atoms with E-state index in [-0.39, 0.29) is 22.2 Å². The fourth-order valence-corrected chi connectivity index (χ4v) is 4.18. The molecule has 0 aliphatic heterocycles. The first-order chi connectivity index (χ1) is 15.3. The van der Waals surface area contributed by atoms with Crippen molar-refractivity contribution in [2.45, 2.75) is 12.5 Å². The summed E-state index contributed by atoms with van der Waals surface area (Å²) < 4.78 is 25.5. The molecule has 1 heterocycles. The van der Waals surface area contributed by atoms with Crippen LogP contribution in [0.25, 0.3) is 11.0 Å². The van der Waals surface area contributed by atoms with Crippen molar-refractivity contribution in [2.75, 3.05) is 11.0 Å². The molecule has 0 bridgehead atoms. The average molecular weight is 469 g/mol. The number of amides is 1. The number of para-hydroxylation sites is 2. The number of hydrogen-bond acceptors (Lipinski definition) is 4. The van der Waals surface area contributed by atoms with E-state index < -0.39 is 16.1 Å². The Balaban J connectivity index is 1.64. The number of halogens is 1. The number of carbonyl (C=O) groups excluding carboxylic acids is 1. The fourth-order valence-electron chi connectivity index (χ4n) is 3.39. The highest BCUT2D eigenvalue weighted by Crippen LogP contribution is 2.25. The summed E-state index contributed by atoms with van der Waals surface area (Å²) in [7, 11) is -3.54. The van der Waals surface area contributed by atoms with Crippen LogP contribution in [0, 0.1) is 0 Å². The predicted molar refractivity (Wildman–Crippen MR) is 126 cm³/mol. The molecule has 164 valence electrons. The van der Waals surface area contributed by atoms with Gasteiger partial charge in [-0.2, -0.15) is 0 Å². The third-order valence-electron chi connectivity index (χ3n) is 4.85. The monoisotopic (exact) mass is 468 g/mol. The van der Waals surface area contributed by atoms with E-state index in [1.807, 2.05) is 54.6 Å². The average Bonchev–Trinajstić information content (AvgIpc) is 3.19. The summed E-state index contributed by atoms with van der Waals surface area (Å²) in [5.41, 5.74) is 3.13. The third kappa shape index (κ3) is 5.27. The van der Waals surface area contributed by atoms with Crippen LogP contribution in [-0.4, -0.2) is 30.5 Å². The van der Waals surface area contributed by atoms with E-state index >= 15 is 0 Å². The molecular formula is C23H21ClN4O3S. The molecule has 0 fully saturated rings. The molecule has 1 atom stereocenters. The van der Waals surface area contributed by atoms with E-state index in [1.54, 1.807) is 6.07 Å². The predicted octanol–water partition coefficient (Wildman–Crippen LogP) is 4.30. The molecule has 3 N–H and O–H groups in total. The van der Waals surface area contributed by atoms with Crippen molar-refractivity contribution in [1.29, 1.82) is 0 Å². The first-order valence-electron chi connectivity index (χ1n) is 9.85. The maximum Gasteiger partial charge on any atom is 0.251 e. The van der Waals surface area contributed by atoms with Gasteiger partial charge < -0.3 is 10.3 Å². The number of hydrogen-bond donors (Lipinski definition) is 3. The van der Waals surface area contributed by atoms with E-state index in [2.05, 4.69) is 20.0 Å². The van der Waals surface area contributed by atoms with Crippen LogP contribution in [0.2, 0.25) is 5.02 Å². The number of carbonyl (C=O) groups is 1. The molecule has 4 aromatic rings. The van der Waals surface area contributed by atoms with Crippen LogP contribution >= 0.6 is 11.6 Å². The Labute approximate surface area is 190 Å². The van der Waals surface area contributed by atoms with E-state index in [0.29, 0.717) is 12.2 Å². The summed E-state index contributed by atoms with van der Waals surface area (Å²) in [6.07, 6.45) is 1.54. The van der Waals surface area contributed by atoms with Crippen molar-refractivity contribution >= 4 is 44.3 Å². The topological polar surface area (TPSA) is 104 Å². The van der Waals surface area contributed by atoms with Crippen LogP contribution < -0.4 is 10.0 Å². The second-order valence-corrected chi connectivity index (χ2v) is 9.58. The molecule has 0 aliphatic rings. The zero-order chi connectivity index (χ0) is 22.7. The van der Waals surface area contributed by atoms with Gasteiger partial charge in [-0.1, -0.05) is 54.1 Å². The maximum absolute atomic E-state index is 13.1. The first-order valence-corrected chi connectivity index (χ1v) is 12.1. The Morgan fingerprint density at radius 3 is 2.50 bits per heavy atom. The Hall–Kier alpha value is -3.36. The lowest BCUT2D eigenvalue weighted by Gasteiger charge is -2.18. The molecular weight excluding hydrogens is 448 g/mol. The van der Waals surface area contributed by atoms with Crippen molar-refractivity contribution in [3.8, 4) is 0 Å². The second kappa shape index (κ2) is 9.02. The van der Waals surface area contributed by atoms with Gasteiger partial charge >= 0.3 is 0 Å². The van der Waals surface area contributed by atoms with E-state index in [0.717, 1.165) is 22.9 Å². The molecule has 0 saturated heterocycles. The summed E-state index contributed by atoms with van der Waals surface area (Å²) in [6, 6.07) is 21.4. The van der Waals surface area contributed by atoms with Crippen molar-refractivity contribution in [2.24, 2.45) is 0 Å². The molecule has 0 aliphatic carbocycles. The number of imidazole rings is 1. The molecule has 0 unspecified atom stereocenters. The van der Waals surface area contributed by atoms with Crippen LogP contribution in [-0.2, 0) is 16.4 Å². The molecule has 0 saturated carbocycles. The van der Waals surface area contributed by atoms with Gasteiger partial charge in [0.1, 0.15) is 5.82 Å². The number of nitrogens with one attached hydrogen (secondary N) is 3. The highest BCUT2D eigenvalue weighted by Gasteiger charge is 2.21. The van der Waals surface area contributed by atoms with Crippen molar-refractivity contribution in [1.82, 2.24) is 15.3 Å². The van der Waals surface area contributed by atoms with Gasteiger partial charge in [-0.05, 0) is 42.3 Å². The van der Waals surface area contributed by atoms with Gasteiger partial charge in [-0.3, -0.25) is 9.52 Å². The molecule has 1 aromatic heterocycles. The van der Waals surface area contributed by atoms with Crippen molar-refractivity contribution in [3.63, 3.8) is 0 Å². The number of sulfonamides is 1. The lowest BCUT2D eigenvalue weighted by atomic mass is 10.0. The summed E-state index contributed by atoms with van der Waals surface area (Å²) >= 11 is 6.09. The van der Waals surface area contributed by atoms with Crippen LogP contribution in [0.15, 0.2) is 72.8 Å². The number of rotatable bonds is 7. The van der Waals surface area contributed by atoms with Crippen LogP contribution in [0.5, 0.6) is 0 Å². The molecule has 1 amide bonds. The smallest absolute Gasteiger partial charge is 0.251 e. The van der Waals surface area contributed by atoms with Crippen molar-refractivity contribution < 1.29 is 13.2 Å². The van der Waals surface area contributed by atoms with Gasteiger partial charge in [0.05, 0.1) is 34.0 Å². The minimum absolute atomic E-state index is 0.144. The Morgan fingerprint density at radius 1 is 1.06 bits per heavy atom. The molecule has 0 radical (unpaired) electrons. The van der Waals surface area contributed by atoms with Gasteiger partial charge in [0.15, 0.2) is 0 Å². The number of benzene rings is 3. The van der Waals surface area contributed by atoms with Crippen LogP contribution in [0.1, 0.15) is 27.8 Å². The lowest BCUT2D eigenvalue weighted by Crippen LogP contribution is -2.31. The Bertz CT molecular complexity index is 1340. The van der Waals surface area contributed by atoms with Crippen molar-refractivity contribution in [3.05, 3.63) is 94.8 Å². The van der Waals surface area contributed by atoms with E-state index in [9.17, 15) is 13.2 Å². The summed E-state index contributed by atoms with van der Waals surface area (Å²) in [4.78, 5) is 21.0. The summed E-state index contributed by atoms with van der Waals surface area (Å²) in [5, 5.41) is 3.21. The molecule has 9 heteroatoms. The molecule has 32 heavy (non-hydrogen) atoms. The first kappa shape index (κ1) is 21.9. The third-order valence-corrected chi connectivity index (χ3v) is 5.77. The molecule has 4 rings (SSSR count). The normalized spacial score (nSPS) is 12.4. The summed E-state index contributed by atoms with van der Waals surface area (Å²) in [6.45, 7) is 0. The summed E-state index contributed by atoms with van der Waals surface area (Å²) in [5.74, 6) is 0.256. The van der Waals surface area contributed by atoms with E-state index in [4.69, 9.17) is 11.6 Å². The zero-order valence-corrected chi connectivity index (χ0v) is 18.7. The minimum Gasteiger partial charge on any atom is -0.342 e. The molecule has 7 nitrogen and oxygen atoms in total. The van der Waals surface area contributed by atoms with Crippen LogP contribution in [0.3, 0.4) is 0 Å². The number of aromatic amines is 1.